The largest absolute Gasteiger partial charge is 0.508 e. The molecule has 9 atom stereocenters. The lowest BCUT2D eigenvalue weighted by Crippen LogP contribution is -2.57. The fourth-order valence-corrected chi connectivity index (χ4v) is 6.83. The molecule has 7 amide bonds. The molecule has 362 valence electrons. The van der Waals surface area contributed by atoms with Crippen LogP contribution in [-0.2, 0) is 60.7 Å². The third-order valence-electron chi connectivity index (χ3n) is 10.9. The molecule has 20 heteroatoms. The summed E-state index contributed by atoms with van der Waals surface area (Å²) in [4.78, 5) is 118. The minimum absolute atomic E-state index is 0.0954. The summed E-state index contributed by atoms with van der Waals surface area (Å²) in [7, 11) is 1.61. The van der Waals surface area contributed by atoms with Crippen LogP contribution < -0.4 is 37.2 Å². The highest BCUT2D eigenvalue weighted by molar-refractivity contribution is 6.00. The van der Waals surface area contributed by atoms with Crippen LogP contribution in [0.3, 0.4) is 0 Å². The van der Waals surface area contributed by atoms with Gasteiger partial charge in [0.05, 0.1) is 30.2 Å². The first-order valence-electron chi connectivity index (χ1n) is 21.6. The number of phenols is 1. The maximum atomic E-state index is 13.7. The molecule has 20 nitrogen and oxygen atoms in total. The first-order valence-corrected chi connectivity index (χ1v) is 21.6. The molecule has 0 aliphatic carbocycles. The van der Waals surface area contributed by atoms with Crippen LogP contribution in [0.25, 0.3) is 0 Å². The number of aliphatic carboxylic acids is 2. The highest BCUT2D eigenvalue weighted by atomic mass is 16.5. The zero-order valence-electron chi connectivity index (χ0n) is 38.3. The van der Waals surface area contributed by atoms with E-state index in [1.54, 1.807) is 20.1 Å². The lowest BCUT2D eigenvalue weighted by atomic mass is 9.94. The Hall–Kier alpha value is -7.35. The van der Waals surface area contributed by atoms with Crippen LogP contribution in [0.15, 0.2) is 90.7 Å². The van der Waals surface area contributed by atoms with Crippen LogP contribution in [0, 0.1) is 11.8 Å². The van der Waals surface area contributed by atoms with Crippen molar-refractivity contribution in [2.24, 2.45) is 11.8 Å². The summed E-state index contributed by atoms with van der Waals surface area (Å²) in [6.45, 7) is 11.2. The molecular formula is C47H61N7O13. The number of carbonyl (C=O) groups is 9. The first-order chi connectivity index (χ1) is 31.6. The van der Waals surface area contributed by atoms with Gasteiger partial charge in [0.15, 0.2) is 0 Å². The van der Waals surface area contributed by atoms with Crippen molar-refractivity contribution in [2.45, 2.75) is 109 Å². The number of benzene rings is 2. The fraction of sp³-hybridized carbons (Fsp3) is 0.426. The first kappa shape index (κ1) is 54.0. The Balaban J connectivity index is 1.97. The fourth-order valence-electron chi connectivity index (χ4n) is 6.83. The molecule has 1 heterocycles. The Morgan fingerprint density at radius 2 is 1.36 bits per heavy atom. The van der Waals surface area contributed by atoms with Gasteiger partial charge in [0, 0.05) is 25.9 Å². The van der Waals surface area contributed by atoms with Gasteiger partial charge in [0.2, 0.25) is 35.4 Å². The third kappa shape index (κ3) is 17.9. The smallest absolute Gasteiger partial charge is 0.326 e. The van der Waals surface area contributed by atoms with E-state index in [2.05, 4.69) is 43.8 Å². The number of ether oxygens (including phenoxy) is 1. The van der Waals surface area contributed by atoms with Crippen molar-refractivity contribution >= 4 is 53.3 Å². The number of aromatic hydroxyl groups is 1. The summed E-state index contributed by atoms with van der Waals surface area (Å²) in [5.74, 6) is -10.9. The molecule has 10 N–H and O–H groups in total. The Morgan fingerprint density at radius 1 is 0.761 bits per heavy atom. The van der Waals surface area contributed by atoms with Crippen LogP contribution in [0.5, 0.6) is 5.75 Å². The van der Waals surface area contributed by atoms with E-state index >= 15 is 0 Å². The third-order valence-corrected chi connectivity index (χ3v) is 10.9. The molecule has 0 aromatic heterocycles. The van der Waals surface area contributed by atoms with Gasteiger partial charge in [-0.25, -0.2) is 9.59 Å². The van der Waals surface area contributed by atoms with Gasteiger partial charge in [-0.15, -0.1) is 0 Å². The summed E-state index contributed by atoms with van der Waals surface area (Å²) >= 11 is 0. The maximum Gasteiger partial charge on any atom is 0.326 e. The second-order valence-electron chi connectivity index (χ2n) is 16.4. The van der Waals surface area contributed by atoms with Crippen LogP contribution in [0.1, 0.15) is 65.0 Å². The highest BCUT2D eigenvalue weighted by Crippen LogP contribution is 2.18. The van der Waals surface area contributed by atoms with E-state index in [0.717, 1.165) is 11.1 Å². The number of carboxylic acids is 2. The lowest BCUT2D eigenvalue weighted by molar-refractivity contribution is -0.144. The minimum atomic E-state index is -1.87. The number of nitrogens with one attached hydrogen (secondary N) is 7. The van der Waals surface area contributed by atoms with Gasteiger partial charge in [-0.3, -0.25) is 33.6 Å². The number of allylic oxidation sites excluding steroid dienone is 2. The van der Waals surface area contributed by atoms with Crippen molar-refractivity contribution in [2.75, 3.05) is 7.11 Å². The molecule has 2 aromatic rings. The minimum Gasteiger partial charge on any atom is -0.508 e. The SMILES string of the molecule is C=C1NC(=O)CC[C@H](C(=O)O)NC(=O)[C@@H](C)[C@H](/C=C/C(C)=C/[C@H](C)[C@H](Cc2ccccc2)OC)NC(=O)[C@H](C)NC(=O)C[C@H](C(=O)O)NC(=O)[C@H](Cc2ccc(O)cc2)NC(=O)[C@@H](C)NC1=O. The number of hydrogen-bond acceptors (Lipinski definition) is 11. The Labute approximate surface area is 388 Å². The van der Waals surface area contributed by atoms with E-state index in [1.807, 2.05) is 43.3 Å². The van der Waals surface area contributed by atoms with Crippen molar-refractivity contribution in [3.8, 4) is 5.75 Å². The number of carbonyl (C=O) groups excluding carboxylic acids is 7. The second kappa shape index (κ2) is 26.0. The normalized spacial score (nSPS) is 24.8. The van der Waals surface area contributed by atoms with E-state index in [-0.39, 0.29) is 24.2 Å². The molecule has 1 saturated heterocycles. The number of phenolic OH excluding ortho intramolecular Hbond substituents is 1. The molecule has 1 aliphatic rings. The zero-order chi connectivity index (χ0) is 50.0. The molecule has 1 fully saturated rings. The summed E-state index contributed by atoms with van der Waals surface area (Å²) in [6.07, 6.45) is 3.48. The molecule has 0 unspecified atom stereocenters. The van der Waals surface area contributed by atoms with Crippen molar-refractivity contribution < 1.29 is 63.2 Å². The summed E-state index contributed by atoms with van der Waals surface area (Å²) in [6, 6.07) is 6.48. The van der Waals surface area contributed by atoms with Gasteiger partial charge in [0.1, 0.15) is 36.0 Å². The summed E-state index contributed by atoms with van der Waals surface area (Å²) in [5, 5.41) is 46.5. The van der Waals surface area contributed by atoms with Gasteiger partial charge in [0.25, 0.3) is 5.91 Å². The van der Waals surface area contributed by atoms with E-state index in [9.17, 15) is 58.5 Å². The molecule has 2 aromatic carbocycles. The molecule has 67 heavy (non-hydrogen) atoms. The van der Waals surface area contributed by atoms with E-state index in [0.29, 0.717) is 12.0 Å². The van der Waals surface area contributed by atoms with Crippen molar-refractivity contribution in [3.63, 3.8) is 0 Å². The van der Waals surface area contributed by atoms with Crippen molar-refractivity contribution in [1.29, 1.82) is 0 Å². The number of methoxy groups -OCH3 is 1. The number of hydrogen-bond donors (Lipinski definition) is 10. The monoisotopic (exact) mass is 931 g/mol. The van der Waals surface area contributed by atoms with E-state index in [1.165, 1.54) is 51.1 Å². The predicted octanol–water partition coefficient (Wildman–Crippen LogP) is 0.899. The molecule has 1 aliphatic heterocycles. The Morgan fingerprint density at radius 3 is 1.97 bits per heavy atom. The average Bonchev–Trinajstić information content (AvgIpc) is 3.27. The maximum absolute atomic E-state index is 13.7. The van der Waals surface area contributed by atoms with Crippen LogP contribution in [0.4, 0.5) is 0 Å². The van der Waals surface area contributed by atoms with E-state index < -0.39 is 120 Å². The summed E-state index contributed by atoms with van der Waals surface area (Å²) < 4.78 is 5.77. The second-order valence-corrected chi connectivity index (χ2v) is 16.4. The molecule has 3 rings (SSSR count). The van der Waals surface area contributed by atoms with E-state index in [4.69, 9.17) is 4.74 Å². The van der Waals surface area contributed by atoms with Crippen LogP contribution in [-0.4, -0.2) is 118 Å². The van der Waals surface area contributed by atoms with Crippen molar-refractivity contribution in [3.05, 3.63) is 102 Å². The van der Waals surface area contributed by atoms with Crippen LogP contribution >= 0.6 is 0 Å². The standard InChI is InChI=1S/C47H61N7O13/c1-25(21-26(2)38(67-7)23-31-11-9-8-10-12-31)13-18-34-27(3)41(58)52-35(46(63)64)19-20-39(56)48-28(4)42(59)50-30(6)44(61)53-36(22-32-14-16-33(55)17-15-32)45(62)54-37(47(65)66)24-40(57)49-29(5)43(60)51-34/h8-18,21,26-27,29-30,34-38,55H,4,19-20,22-24H2,1-3,5-7H3,(H,48,56)(H,49,57)(H,50,59)(H,51,60)(H,52,58)(H,53,61)(H,54,62)(H,63,64)(H,65,66)/b18-13+,25-21+/t26-,27-,29-,30+,34-,35+,36-,37+,38-/m0/s1. The lowest BCUT2D eigenvalue weighted by Gasteiger charge is -2.26. The number of carboxylic acid groups (broad SMARTS) is 2. The van der Waals surface area contributed by atoms with Crippen LogP contribution in [0.2, 0.25) is 0 Å². The van der Waals surface area contributed by atoms with Gasteiger partial charge < -0.3 is 57.3 Å². The number of amides is 7. The molecular weight excluding hydrogens is 871 g/mol. The quantitative estimate of drug-likeness (QED) is 0.111. The van der Waals surface area contributed by atoms with Gasteiger partial charge in [-0.1, -0.05) is 86.7 Å². The highest BCUT2D eigenvalue weighted by Gasteiger charge is 2.33. The Bertz CT molecular complexity index is 2200. The molecule has 0 saturated carbocycles. The number of rotatable bonds is 11. The van der Waals surface area contributed by atoms with Gasteiger partial charge >= 0.3 is 11.9 Å². The molecule has 0 radical (unpaired) electrons. The van der Waals surface area contributed by atoms with Gasteiger partial charge in [-0.2, -0.15) is 0 Å². The topological polar surface area (TPSA) is 308 Å². The molecule has 0 bridgehead atoms. The zero-order valence-corrected chi connectivity index (χ0v) is 38.3. The Kier molecular flexibility index (Phi) is 20.9. The summed E-state index contributed by atoms with van der Waals surface area (Å²) in [5.41, 5.74) is 1.69. The van der Waals surface area contributed by atoms with Gasteiger partial charge in [-0.05, 0) is 56.9 Å². The molecule has 0 spiro atoms. The average molecular weight is 932 g/mol. The predicted molar refractivity (Wildman–Crippen MR) is 243 cm³/mol. The van der Waals surface area contributed by atoms with Crippen molar-refractivity contribution in [1.82, 2.24) is 37.2 Å².